The Morgan fingerprint density at radius 1 is 1.14 bits per heavy atom. The van der Waals surface area contributed by atoms with Crippen molar-refractivity contribution in [1.82, 2.24) is 0 Å². The normalized spacial score (nSPS) is 15.0. The first-order chi connectivity index (χ1) is 13.3. The van der Waals surface area contributed by atoms with Gasteiger partial charge in [-0.15, -0.1) is 0 Å². The van der Waals surface area contributed by atoms with Gasteiger partial charge >= 0.3 is 6.18 Å². The summed E-state index contributed by atoms with van der Waals surface area (Å²) in [6.07, 6.45) is -3.22. The summed E-state index contributed by atoms with van der Waals surface area (Å²) in [5, 5.41) is 14.9. The molecule has 3 rings (SSSR count). The number of nitrogens with zero attached hydrogens (tertiary/aromatic N) is 3. The summed E-state index contributed by atoms with van der Waals surface area (Å²) >= 11 is 0. The van der Waals surface area contributed by atoms with Crippen LogP contribution in [0.15, 0.2) is 47.6 Å². The van der Waals surface area contributed by atoms with Crippen molar-refractivity contribution in [2.75, 3.05) is 36.6 Å². The molecule has 0 aromatic heterocycles. The van der Waals surface area contributed by atoms with Gasteiger partial charge in [-0.1, -0.05) is 12.1 Å². The van der Waals surface area contributed by atoms with Crippen molar-refractivity contribution in [1.29, 1.82) is 0 Å². The number of anilines is 2. The average molecular weight is 394 g/mol. The van der Waals surface area contributed by atoms with Crippen molar-refractivity contribution in [2.45, 2.75) is 6.18 Å². The van der Waals surface area contributed by atoms with Crippen LogP contribution in [0.2, 0.25) is 0 Å². The molecule has 1 fully saturated rings. The Balaban J connectivity index is 1.69. The molecule has 7 nitrogen and oxygen atoms in total. The number of hydrogen-bond donors (Lipinski definition) is 1. The zero-order valence-electron chi connectivity index (χ0n) is 14.6. The zero-order valence-corrected chi connectivity index (χ0v) is 14.6. The van der Waals surface area contributed by atoms with Gasteiger partial charge in [0.15, 0.2) is 0 Å². The van der Waals surface area contributed by atoms with Gasteiger partial charge in [-0.25, -0.2) is 0 Å². The topological polar surface area (TPSA) is 80.0 Å². The molecule has 0 spiro atoms. The average Bonchev–Trinajstić information content (AvgIpc) is 2.68. The highest BCUT2D eigenvalue weighted by Crippen LogP contribution is 2.34. The Labute approximate surface area is 158 Å². The highest BCUT2D eigenvalue weighted by Gasteiger charge is 2.33. The third kappa shape index (κ3) is 4.77. The number of nitro groups is 1. The Morgan fingerprint density at radius 3 is 2.43 bits per heavy atom. The lowest BCUT2D eigenvalue weighted by atomic mass is 10.1. The Hall–Kier alpha value is -3.14. The van der Waals surface area contributed by atoms with E-state index in [4.69, 9.17) is 4.74 Å². The van der Waals surface area contributed by atoms with Gasteiger partial charge in [0.1, 0.15) is 5.69 Å². The molecule has 28 heavy (non-hydrogen) atoms. The molecular formula is C18H17F3N4O3. The third-order valence-corrected chi connectivity index (χ3v) is 4.19. The van der Waals surface area contributed by atoms with Crippen LogP contribution in [0.4, 0.5) is 30.2 Å². The van der Waals surface area contributed by atoms with Gasteiger partial charge in [0.05, 0.1) is 29.9 Å². The number of morpholine rings is 1. The molecule has 0 unspecified atom stereocenters. The minimum absolute atomic E-state index is 0.126. The third-order valence-electron chi connectivity index (χ3n) is 4.19. The molecule has 0 radical (unpaired) electrons. The molecule has 0 aliphatic carbocycles. The second-order valence-electron chi connectivity index (χ2n) is 6.05. The molecule has 1 aliphatic heterocycles. The maximum atomic E-state index is 12.7. The monoisotopic (exact) mass is 394 g/mol. The van der Waals surface area contributed by atoms with Crippen LogP contribution in [0, 0.1) is 10.1 Å². The quantitative estimate of drug-likeness (QED) is 0.473. The highest BCUT2D eigenvalue weighted by molar-refractivity contribution is 5.81. The van der Waals surface area contributed by atoms with Gasteiger partial charge in [-0.05, 0) is 29.8 Å². The minimum atomic E-state index is -4.66. The largest absolute Gasteiger partial charge is 0.416 e. The SMILES string of the molecule is O=[N+]([O-])c1cc(C(F)(F)F)ccc1NN=Cc1ccc(N2CCOCC2)cc1. The number of hydrogen-bond acceptors (Lipinski definition) is 6. The van der Waals surface area contributed by atoms with E-state index in [1.807, 2.05) is 24.3 Å². The predicted octanol–water partition coefficient (Wildman–Crippen LogP) is 3.90. The summed E-state index contributed by atoms with van der Waals surface area (Å²) in [5.74, 6) is 0. The molecule has 0 saturated carbocycles. The summed E-state index contributed by atoms with van der Waals surface area (Å²) in [4.78, 5) is 12.4. The lowest BCUT2D eigenvalue weighted by Crippen LogP contribution is -2.36. The van der Waals surface area contributed by atoms with E-state index in [-0.39, 0.29) is 5.69 Å². The van der Waals surface area contributed by atoms with Crippen LogP contribution < -0.4 is 10.3 Å². The number of rotatable bonds is 5. The van der Waals surface area contributed by atoms with Crippen molar-refractivity contribution < 1.29 is 22.8 Å². The van der Waals surface area contributed by atoms with Crippen molar-refractivity contribution in [2.24, 2.45) is 5.10 Å². The highest BCUT2D eigenvalue weighted by atomic mass is 19.4. The van der Waals surface area contributed by atoms with Crippen LogP contribution in [0.1, 0.15) is 11.1 Å². The van der Waals surface area contributed by atoms with E-state index in [0.717, 1.165) is 36.5 Å². The molecule has 1 N–H and O–H groups in total. The first kappa shape index (κ1) is 19.6. The van der Waals surface area contributed by atoms with Crippen molar-refractivity contribution in [3.8, 4) is 0 Å². The van der Waals surface area contributed by atoms with Crippen molar-refractivity contribution in [3.63, 3.8) is 0 Å². The number of hydrazone groups is 1. The lowest BCUT2D eigenvalue weighted by Gasteiger charge is -2.28. The zero-order chi connectivity index (χ0) is 20.1. The summed E-state index contributed by atoms with van der Waals surface area (Å²) in [7, 11) is 0. The van der Waals surface area contributed by atoms with Crippen LogP contribution in [0.25, 0.3) is 0 Å². The standard InChI is InChI=1S/C18H17F3N4O3/c19-18(20,21)14-3-6-16(17(11-14)25(26)27)23-22-12-13-1-4-15(5-2-13)24-7-9-28-10-8-24/h1-6,11-12,23H,7-10H2. The Bertz CT molecular complexity index is 863. The predicted molar refractivity (Wildman–Crippen MR) is 98.8 cm³/mol. The van der Waals surface area contributed by atoms with Crippen LogP contribution in [0.3, 0.4) is 0 Å². The van der Waals surface area contributed by atoms with E-state index < -0.39 is 22.4 Å². The van der Waals surface area contributed by atoms with E-state index in [1.54, 1.807) is 0 Å². The maximum Gasteiger partial charge on any atom is 0.416 e. The number of ether oxygens (including phenoxy) is 1. The number of nitro benzene ring substituents is 1. The molecule has 2 aromatic carbocycles. The molecule has 0 atom stereocenters. The van der Waals surface area contributed by atoms with Gasteiger partial charge in [0, 0.05) is 24.8 Å². The second kappa shape index (κ2) is 8.26. The van der Waals surface area contributed by atoms with Crippen LogP contribution in [0.5, 0.6) is 0 Å². The van der Waals surface area contributed by atoms with E-state index >= 15 is 0 Å². The number of alkyl halides is 3. The number of benzene rings is 2. The van der Waals surface area contributed by atoms with E-state index in [0.29, 0.717) is 19.3 Å². The fourth-order valence-corrected chi connectivity index (χ4v) is 2.72. The van der Waals surface area contributed by atoms with Gasteiger partial charge in [-0.3, -0.25) is 15.5 Å². The molecule has 10 heteroatoms. The van der Waals surface area contributed by atoms with Crippen LogP contribution in [-0.4, -0.2) is 37.4 Å². The van der Waals surface area contributed by atoms with Crippen LogP contribution >= 0.6 is 0 Å². The Morgan fingerprint density at radius 2 is 1.82 bits per heavy atom. The second-order valence-corrected chi connectivity index (χ2v) is 6.05. The summed E-state index contributed by atoms with van der Waals surface area (Å²) in [6.45, 7) is 2.98. The maximum absolute atomic E-state index is 12.7. The van der Waals surface area contributed by atoms with E-state index in [9.17, 15) is 23.3 Å². The molecule has 148 valence electrons. The first-order valence-corrected chi connectivity index (χ1v) is 8.42. The minimum Gasteiger partial charge on any atom is -0.378 e. The van der Waals surface area contributed by atoms with Crippen LogP contribution in [-0.2, 0) is 10.9 Å². The van der Waals surface area contributed by atoms with E-state index in [2.05, 4.69) is 15.4 Å². The number of halogens is 3. The first-order valence-electron chi connectivity index (χ1n) is 8.42. The van der Waals surface area contributed by atoms with Crippen molar-refractivity contribution in [3.05, 3.63) is 63.7 Å². The molecule has 1 heterocycles. The van der Waals surface area contributed by atoms with Gasteiger partial charge in [0.2, 0.25) is 0 Å². The molecular weight excluding hydrogens is 377 g/mol. The molecule has 2 aromatic rings. The summed E-state index contributed by atoms with van der Waals surface area (Å²) < 4.78 is 43.5. The summed E-state index contributed by atoms with van der Waals surface area (Å²) in [6, 6.07) is 9.74. The van der Waals surface area contributed by atoms with Gasteiger partial charge < -0.3 is 9.64 Å². The molecule has 1 aliphatic rings. The molecule has 0 bridgehead atoms. The fraction of sp³-hybridized carbons (Fsp3) is 0.278. The molecule has 1 saturated heterocycles. The fourth-order valence-electron chi connectivity index (χ4n) is 2.72. The Kier molecular flexibility index (Phi) is 5.78. The van der Waals surface area contributed by atoms with Gasteiger partial charge in [0.25, 0.3) is 5.69 Å². The van der Waals surface area contributed by atoms with Gasteiger partial charge in [-0.2, -0.15) is 18.3 Å². The number of nitrogens with one attached hydrogen (secondary N) is 1. The summed E-state index contributed by atoms with van der Waals surface area (Å²) in [5.41, 5.74) is 2.30. The van der Waals surface area contributed by atoms with Crippen molar-refractivity contribution >= 4 is 23.3 Å². The smallest absolute Gasteiger partial charge is 0.378 e. The van der Waals surface area contributed by atoms with E-state index in [1.165, 1.54) is 6.21 Å². The lowest BCUT2D eigenvalue weighted by molar-refractivity contribution is -0.384. The molecule has 0 amide bonds.